The van der Waals surface area contributed by atoms with Crippen LogP contribution in [0.1, 0.15) is 26.7 Å². The Hall–Kier alpha value is 0.270. The van der Waals surface area contributed by atoms with Gasteiger partial charge in [-0.2, -0.15) is 12.6 Å². The lowest BCUT2D eigenvalue weighted by Crippen LogP contribution is -2.39. The van der Waals surface area contributed by atoms with Crippen LogP contribution in [0.25, 0.3) is 0 Å². The summed E-state index contributed by atoms with van der Waals surface area (Å²) in [5.41, 5.74) is 0. The maximum atomic E-state index is 5.57. The maximum absolute atomic E-state index is 5.57. The molecule has 1 fully saturated rings. The second-order valence-corrected chi connectivity index (χ2v) is 4.69. The molecule has 2 nitrogen and oxygen atoms in total. The predicted molar refractivity (Wildman–Crippen MR) is 64.1 cm³/mol. The van der Waals surface area contributed by atoms with Crippen molar-refractivity contribution in [1.29, 1.82) is 0 Å². The van der Waals surface area contributed by atoms with Gasteiger partial charge in [0.15, 0.2) is 0 Å². The molecule has 0 N–H and O–H groups in total. The van der Waals surface area contributed by atoms with Crippen LogP contribution in [0.3, 0.4) is 0 Å². The molecule has 0 radical (unpaired) electrons. The molecule has 0 aromatic carbocycles. The first-order valence-corrected chi connectivity index (χ1v) is 6.25. The van der Waals surface area contributed by atoms with E-state index in [1.807, 2.05) is 0 Å². The van der Waals surface area contributed by atoms with Crippen molar-refractivity contribution in [3.05, 3.63) is 0 Å². The topological polar surface area (TPSA) is 12.5 Å². The van der Waals surface area contributed by atoms with Gasteiger partial charge in [0.2, 0.25) is 0 Å². The molecular weight excluding hydrogens is 194 g/mol. The molecule has 0 bridgehead atoms. The summed E-state index contributed by atoms with van der Waals surface area (Å²) in [5, 5.41) is 0. The van der Waals surface area contributed by atoms with Gasteiger partial charge in [0.1, 0.15) is 0 Å². The largest absolute Gasteiger partial charge is 0.377 e. The molecule has 1 aliphatic rings. The smallest absolute Gasteiger partial charge is 0.0702 e. The molecule has 1 rings (SSSR count). The van der Waals surface area contributed by atoms with Crippen LogP contribution >= 0.6 is 12.6 Å². The quantitative estimate of drug-likeness (QED) is 0.708. The standard InChI is InChI=1S/C11H23NOS/c1-4-10(8-14)7-12(3)11-5-6-13-9(11)2/h9-11,14H,4-8H2,1-3H3. The molecule has 0 saturated carbocycles. The van der Waals surface area contributed by atoms with E-state index >= 15 is 0 Å². The molecule has 1 heterocycles. The summed E-state index contributed by atoms with van der Waals surface area (Å²) in [6.45, 7) is 6.49. The lowest BCUT2D eigenvalue weighted by atomic mass is 10.1. The molecule has 3 heteroatoms. The third-order valence-electron chi connectivity index (χ3n) is 3.28. The highest BCUT2D eigenvalue weighted by molar-refractivity contribution is 7.80. The van der Waals surface area contributed by atoms with Gasteiger partial charge >= 0.3 is 0 Å². The van der Waals surface area contributed by atoms with Gasteiger partial charge in [0.25, 0.3) is 0 Å². The van der Waals surface area contributed by atoms with Gasteiger partial charge in [-0.05, 0) is 32.1 Å². The van der Waals surface area contributed by atoms with E-state index in [1.165, 1.54) is 12.8 Å². The number of nitrogens with zero attached hydrogens (tertiary/aromatic N) is 1. The van der Waals surface area contributed by atoms with Gasteiger partial charge in [-0.1, -0.05) is 13.3 Å². The van der Waals surface area contributed by atoms with Gasteiger partial charge in [0.05, 0.1) is 6.10 Å². The Morgan fingerprint density at radius 3 is 2.71 bits per heavy atom. The summed E-state index contributed by atoms with van der Waals surface area (Å²) in [5.74, 6) is 1.71. The highest BCUT2D eigenvalue weighted by Crippen LogP contribution is 2.20. The predicted octanol–water partition coefficient (Wildman–Crippen LogP) is 2.05. The van der Waals surface area contributed by atoms with E-state index in [0.717, 1.165) is 24.8 Å². The first-order valence-electron chi connectivity index (χ1n) is 5.61. The van der Waals surface area contributed by atoms with Crippen molar-refractivity contribution in [2.75, 3.05) is 26.0 Å². The monoisotopic (exact) mass is 217 g/mol. The van der Waals surface area contributed by atoms with Crippen LogP contribution in [0.4, 0.5) is 0 Å². The average molecular weight is 217 g/mol. The van der Waals surface area contributed by atoms with Crippen LogP contribution in [0.5, 0.6) is 0 Å². The van der Waals surface area contributed by atoms with Crippen molar-refractivity contribution in [1.82, 2.24) is 4.90 Å². The van der Waals surface area contributed by atoms with Crippen molar-refractivity contribution >= 4 is 12.6 Å². The zero-order valence-corrected chi connectivity index (χ0v) is 10.5. The molecule has 3 unspecified atom stereocenters. The minimum absolute atomic E-state index is 0.400. The minimum atomic E-state index is 0.400. The fourth-order valence-electron chi connectivity index (χ4n) is 2.16. The summed E-state index contributed by atoms with van der Waals surface area (Å²) >= 11 is 4.38. The zero-order chi connectivity index (χ0) is 10.6. The van der Waals surface area contributed by atoms with Crippen molar-refractivity contribution in [3.8, 4) is 0 Å². The lowest BCUT2D eigenvalue weighted by molar-refractivity contribution is 0.0791. The normalized spacial score (nSPS) is 29.8. The Kier molecular flexibility index (Phi) is 5.28. The van der Waals surface area contributed by atoms with Gasteiger partial charge in [-0.25, -0.2) is 0 Å². The van der Waals surface area contributed by atoms with E-state index in [9.17, 15) is 0 Å². The Labute approximate surface area is 93.4 Å². The van der Waals surface area contributed by atoms with Crippen molar-refractivity contribution in [2.24, 2.45) is 5.92 Å². The molecule has 0 aromatic rings. The van der Waals surface area contributed by atoms with E-state index in [-0.39, 0.29) is 0 Å². The number of hydrogen-bond donors (Lipinski definition) is 1. The van der Waals surface area contributed by atoms with Crippen LogP contribution in [0, 0.1) is 5.92 Å². The number of hydrogen-bond acceptors (Lipinski definition) is 3. The molecule has 0 aliphatic carbocycles. The van der Waals surface area contributed by atoms with Gasteiger partial charge in [-0.15, -0.1) is 0 Å². The molecule has 0 spiro atoms. The van der Waals surface area contributed by atoms with Gasteiger partial charge in [0, 0.05) is 19.2 Å². The summed E-state index contributed by atoms with van der Waals surface area (Å²) in [4.78, 5) is 2.45. The molecule has 1 aliphatic heterocycles. The SMILES string of the molecule is CCC(CS)CN(C)C1CCOC1C. The van der Waals surface area contributed by atoms with Crippen LogP contribution in [0.2, 0.25) is 0 Å². The number of ether oxygens (including phenoxy) is 1. The first-order chi connectivity index (χ1) is 6.69. The number of likely N-dealkylation sites (N-methyl/N-ethyl adjacent to an activating group) is 1. The van der Waals surface area contributed by atoms with E-state index in [4.69, 9.17) is 4.74 Å². The Morgan fingerprint density at radius 2 is 2.29 bits per heavy atom. The number of rotatable bonds is 5. The van der Waals surface area contributed by atoms with Crippen LogP contribution in [-0.4, -0.2) is 43.0 Å². The maximum Gasteiger partial charge on any atom is 0.0702 e. The van der Waals surface area contributed by atoms with Crippen molar-refractivity contribution in [3.63, 3.8) is 0 Å². The zero-order valence-electron chi connectivity index (χ0n) is 9.57. The fraction of sp³-hybridized carbons (Fsp3) is 1.00. The lowest BCUT2D eigenvalue weighted by Gasteiger charge is -2.29. The van der Waals surface area contributed by atoms with E-state index < -0.39 is 0 Å². The van der Waals surface area contributed by atoms with Crippen LogP contribution in [0.15, 0.2) is 0 Å². The first kappa shape index (κ1) is 12.3. The second kappa shape index (κ2) is 5.99. The molecule has 0 aromatic heterocycles. The molecule has 0 amide bonds. The Balaban J connectivity index is 2.36. The summed E-state index contributed by atoms with van der Waals surface area (Å²) in [7, 11) is 2.21. The Morgan fingerprint density at radius 1 is 1.57 bits per heavy atom. The fourth-order valence-corrected chi connectivity index (χ4v) is 2.53. The third-order valence-corrected chi connectivity index (χ3v) is 3.80. The average Bonchev–Trinajstić information content (AvgIpc) is 2.60. The Bertz CT molecular complexity index is 161. The van der Waals surface area contributed by atoms with Gasteiger partial charge < -0.3 is 9.64 Å². The van der Waals surface area contributed by atoms with Crippen molar-refractivity contribution in [2.45, 2.75) is 38.8 Å². The molecule has 3 atom stereocenters. The molecular formula is C11H23NOS. The molecule has 14 heavy (non-hydrogen) atoms. The van der Waals surface area contributed by atoms with E-state index in [2.05, 4.69) is 38.4 Å². The van der Waals surface area contributed by atoms with Gasteiger partial charge in [-0.3, -0.25) is 0 Å². The van der Waals surface area contributed by atoms with E-state index in [1.54, 1.807) is 0 Å². The second-order valence-electron chi connectivity index (χ2n) is 4.33. The summed E-state index contributed by atoms with van der Waals surface area (Å²) in [6, 6.07) is 0.615. The summed E-state index contributed by atoms with van der Waals surface area (Å²) < 4.78 is 5.57. The highest BCUT2D eigenvalue weighted by atomic mass is 32.1. The molecule has 1 saturated heterocycles. The number of thiol groups is 1. The summed E-state index contributed by atoms with van der Waals surface area (Å²) in [6.07, 6.45) is 2.80. The van der Waals surface area contributed by atoms with Crippen LogP contribution < -0.4 is 0 Å². The third kappa shape index (κ3) is 3.14. The minimum Gasteiger partial charge on any atom is -0.377 e. The highest BCUT2D eigenvalue weighted by Gasteiger charge is 2.28. The van der Waals surface area contributed by atoms with Crippen molar-refractivity contribution < 1.29 is 4.74 Å². The van der Waals surface area contributed by atoms with E-state index in [0.29, 0.717) is 12.1 Å². The van der Waals surface area contributed by atoms with Crippen LogP contribution in [-0.2, 0) is 4.74 Å². The molecule has 84 valence electrons.